The summed E-state index contributed by atoms with van der Waals surface area (Å²) in [5.74, 6) is -0.359. The lowest BCUT2D eigenvalue weighted by Gasteiger charge is -2.19. The average molecular weight is 314 g/mol. The molecule has 8 nitrogen and oxygen atoms in total. The minimum absolute atomic E-state index is 0.0229. The van der Waals surface area contributed by atoms with Gasteiger partial charge in [-0.25, -0.2) is 4.79 Å². The molecule has 0 bridgehead atoms. The number of nitrogens with one attached hydrogen (secondary N) is 1. The van der Waals surface area contributed by atoms with Crippen LogP contribution in [0, 0.1) is 10.1 Å². The Morgan fingerprint density at radius 3 is 2.81 bits per heavy atom. The highest BCUT2D eigenvalue weighted by atomic mass is 35.5. The average Bonchev–Trinajstić information content (AvgIpc) is 2.86. The predicted molar refractivity (Wildman–Crippen MR) is 73.3 cm³/mol. The van der Waals surface area contributed by atoms with Crippen molar-refractivity contribution in [3.63, 3.8) is 0 Å². The molecule has 21 heavy (non-hydrogen) atoms. The van der Waals surface area contributed by atoms with Gasteiger partial charge in [-0.2, -0.15) is 0 Å². The van der Waals surface area contributed by atoms with E-state index in [4.69, 9.17) is 16.3 Å². The summed E-state index contributed by atoms with van der Waals surface area (Å²) < 4.78 is 5.38. The maximum Gasteiger partial charge on any atom is 0.324 e. The number of amides is 3. The van der Waals surface area contributed by atoms with Crippen LogP contribution in [0.1, 0.15) is 6.92 Å². The molecule has 0 aliphatic carbocycles. The number of urea groups is 1. The Bertz CT molecular complexity index is 607. The second kappa shape index (κ2) is 5.96. The molecule has 0 aromatic heterocycles. The highest BCUT2D eigenvalue weighted by Gasteiger charge is 2.31. The highest BCUT2D eigenvalue weighted by Crippen LogP contribution is 2.29. The van der Waals surface area contributed by atoms with Crippen LogP contribution in [0.5, 0.6) is 5.75 Å². The molecule has 1 N–H and O–H groups in total. The van der Waals surface area contributed by atoms with E-state index >= 15 is 0 Å². The van der Waals surface area contributed by atoms with Gasteiger partial charge in [0.05, 0.1) is 9.95 Å². The largest absolute Gasteiger partial charge is 0.479 e. The molecule has 0 unspecified atom stereocenters. The van der Waals surface area contributed by atoms with Crippen molar-refractivity contribution in [2.45, 2.75) is 13.0 Å². The minimum atomic E-state index is -0.937. The molecule has 0 saturated carbocycles. The number of hydrogen-bond acceptors (Lipinski definition) is 5. The van der Waals surface area contributed by atoms with Crippen molar-refractivity contribution >= 4 is 29.2 Å². The van der Waals surface area contributed by atoms with Crippen LogP contribution in [0.3, 0.4) is 0 Å². The monoisotopic (exact) mass is 313 g/mol. The zero-order valence-electron chi connectivity index (χ0n) is 11.0. The molecule has 1 atom stereocenters. The molecule has 3 amide bonds. The van der Waals surface area contributed by atoms with Crippen LogP contribution in [0.4, 0.5) is 10.5 Å². The van der Waals surface area contributed by atoms with Gasteiger partial charge < -0.3 is 10.1 Å². The van der Waals surface area contributed by atoms with Crippen LogP contribution in [-0.4, -0.2) is 41.0 Å². The van der Waals surface area contributed by atoms with Gasteiger partial charge in [0.1, 0.15) is 5.75 Å². The first kappa shape index (κ1) is 15.0. The van der Waals surface area contributed by atoms with E-state index in [1.165, 1.54) is 19.1 Å². The molecule has 2 rings (SSSR count). The number of carbonyl (C=O) groups excluding carboxylic acids is 2. The van der Waals surface area contributed by atoms with E-state index in [1.807, 2.05) is 0 Å². The van der Waals surface area contributed by atoms with Crippen LogP contribution < -0.4 is 10.1 Å². The lowest BCUT2D eigenvalue weighted by molar-refractivity contribution is -0.384. The van der Waals surface area contributed by atoms with Crippen molar-refractivity contribution in [1.82, 2.24) is 10.2 Å². The van der Waals surface area contributed by atoms with Crippen molar-refractivity contribution in [3.8, 4) is 5.75 Å². The SMILES string of the molecule is C[C@H](Oc1ccc([N+](=O)[O-])cc1Cl)C(=O)N1CCNC1=O. The van der Waals surface area contributed by atoms with Crippen LogP contribution in [0.25, 0.3) is 0 Å². The third-order valence-electron chi connectivity index (χ3n) is 2.90. The summed E-state index contributed by atoms with van der Waals surface area (Å²) in [7, 11) is 0. The van der Waals surface area contributed by atoms with Gasteiger partial charge in [0.15, 0.2) is 6.10 Å². The van der Waals surface area contributed by atoms with Gasteiger partial charge in [-0.3, -0.25) is 19.8 Å². The molecule has 112 valence electrons. The van der Waals surface area contributed by atoms with Crippen molar-refractivity contribution in [2.75, 3.05) is 13.1 Å². The van der Waals surface area contributed by atoms with Crippen molar-refractivity contribution in [1.29, 1.82) is 0 Å². The number of halogens is 1. The number of ether oxygens (including phenoxy) is 1. The quantitative estimate of drug-likeness (QED) is 0.671. The van der Waals surface area contributed by atoms with Gasteiger partial charge in [0.25, 0.3) is 11.6 Å². The van der Waals surface area contributed by atoms with Gasteiger partial charge >= 0.3 is 6.03 Å². The zero-order valence-corrected chi connectivity index (χ0v) is 11.8. The standard InChI is InChI=1S/C12H12ClN3O5/c1-7(11(17)15-5-4-14-12(15)18)21-10-3-2-8(16(19)20)6-9(10)13/h2-3,6-7H,4-5H2,1H3,(H,14,18)/t7-/m0/s1. The molecule has 1 heterocycles. The lowest BCUT2D eigenvalue weighted by Crippen LogP contribution is -2.42. The number of nitro benzene ring substituents is 1. The zero-order chi connectivity index (χ0) is 15.6. The summed E-state index contributed by atoms with van der Waals surface area (Å²) in [6.45, 7) is 2.15. The Morgan fingerprint density at radius 2 is 2.29 bits per heavy atom. The first-order valence-electron chi connectivity index (χ1n) is 6.10. The second-order valence-electron chi connectivity index (χ2n) is 4.35. The van der Waals surface area contributed by atoms with Gasteiger partial charge in [0, 0.05) is 25.2 Å². The summed E-state index contributed by atoms with van der Waals surface area (Å²) in [5, 5.41) is 13.1. The first-order valence-corrected chi connectivity index (χ1v) is 6.47. The number of imide groups is 1. The fourth-order valence-corrected chi connectivity index (χ4v) is 2.06. The molecule has 0 radical (unpaired) electrons. The van der Waals surface area contributed by atoms with E-state index in [9.17, 15) is 19.7 Å². The number of benzene rings is 1. The van der Waals surface area contributed by atoms with Crippen molar-refractivity contribution in [3.05, 3.63) is 33.3 Å². The fourth-order valence-electron chi connectivity index (χ4n) is 1.84. The molecule has 1 aliphatic heterocycles. The molecule has 0 spiro atoms. The van der Waals surface area contributed by atoms with E-state index in [1.54, 1.807) is 0 Å². The normalized spacial score (nSPS) is 15.5. The Balaban J connectivity index is 2.09. The third-order valence-corrected chi connectivity index (χ3v) is 3.20. The number of nitro groups is 1. The van der Waals surface area contributed by atoms with E-state index in [2.05, 4.69) is 5.32 Å². The summed E-state index contributed by atoms with van der Waals surface area (Å²) in [6, 6.07) is 3.21. The second-order valence-corrected chi connectivity index (χ2v) is 4.76. The first-order chi connectivity index (χ1) is 9.90. The van der Waals surface area contributed by atoms with E-state index in [0.717, 1.165) is 11.0 Å². The van der Waals surface area contributed by atoms with Crippen LogP contribution in [-0.2, 0) is 4.79 Å². The topological polar surface area (TPSA) is 102 Å². The molecule has 9 heteroatoms. The van der Waals surface area contributed by atoms with Crippen LogP contribution >= 0.6 is 11.6 Å². The molecule has 1 aromatic rings. The maximum absolute atomic E-state index is 12.0. The summed E-state index contributed by atoms with van der Waals surface area (Å²) in [6.07, 6.45) is -0.937. The van der Waals surface area contributed by atoms with Gasteiger partial charge in [-0.05, 0) is 13.0 Å². The Morgan fingerprint density at radius 1 is 1.57 bits per heavy atom. The Labute approximate surface area is 124 Å². The highest BCUT2D eigenvalue weighted by molar-refractivity contribution is 6.32. The number of hydrogen-bond donors (Lipinski definition) is 1. The van der Waals surface area contributed by atoms with Crippen molar-refractivity contribution in [2.24, 2.45) is 0 Å². The fraction of sp³-hybridized carbons (Fsp3) is 0.333. The molecule has 1 saturated heterocycles. The lowest BCUT2D eigenvalue weighted by atomic mass is 10.3. The predicted octanol–water partition coefficient (Wildman–Crippen LogP) is 1.57. The minimum Gasteiger partial charge on any atom is -0.479 e. The maximum atomic E-state index is 12.0. The Hall–Kier alpha value is -2.35. The number of carbonyl (C=O) groups is 2. The number of rotatable bonds is 4. The van der Waals surface area contributed by atoms with Gasteiger partial charge in [-0.1, -0.05) is 11.6 Å². The number of non-ortho nitro benzene ring substituents is 1. The van der Waals surface area contributed by atoms with E-state index < -0.39 is 23.0 Å². The molecular weight excluding hydrogens is 302 g/mol. The van der Waals surface area contributed by atoms with Crippen LogP contribution in [0.2, 0.25) is 5.02 Å². The molecule has 1 fully saturated rings. The van der Waals surface area contributed by atoms with Crippen molar-refractivity contribution < 1.29 is 19.2 Å². The van der Waals surface area contributed by atoms with Gasteiger partial charge in [0.2, 0.25) is 0 Å². The van der Waals surface area contributed by atoms with Gasteiger partial charge in [-0.15, -0.1) is 0 Å². The summed E-state index contributed by atoms with van der Waals surface area (Å²) in [4.78, 5) is 34.5. The summed E-state index contributed by atoms with van der Waals surface area (Å²) in [5.41, 5.74) is -0.176. The molecular formula is C12H12ClN3O5. The van der Waals surface area contributed by atoms with E-state index in [-0.39, 0.29) is 23.0 Å². The summed E-state index contributed by atoms with van der Waals surface area (Å²) >= 11 is 5.88. The van der Waals surface area contributed by atoms with Crippen LogP contribution in [0.15, 0.2) is 18.2 Å². The molecule has 1 aromatic carbocycles. The number of nitrogens with zero attached hydrogens (tertiary/aromatic N) is 2. The van der Waals surface area contributed by atoms with E-state index in [0.29, 0.717) is 6.54 Å². The Kier molecular flexibility index (Phi) is 4.27. The molecule has 1 aliphatic rings. The third kappa shape index (κ3) is 3.22. The smallest absolute Gasteiger partial charge is 0.324 e.